The first kappa shape index (κ1) is 16.7. The molecule has 1 aromatic carbocycles. The molecule has 0 atom stereocenters. The van der Waals surface area contributed by atoms with E-state index in [4.69, 9.17) is 4.42 Å². The maximum absolute atomic E-state index is 12.0. The molecule has 0 fully saturated rings. The van der Waals surface area contributed by atoms with E-state index in [2.05, 4.69) is 4.72 Å². The monoisotopic (exact) mass is 359 g/mol. The minimum atomic E-state index is -3.43. The second-order valence-electron chi connectivity index (χ2n) is 5.15. The zero-order valence-corrected chi connectivity index (χ0v) is 14.5. The Bertz CT molecular complexity index is 895. The fourth-order valence-corrected chi connectivity index (χ4v) is 3.95. The number of sulfonamides is 1. The van der Waals surface area contributed by atoms with E-state index < -0.39 is 10.0 Å². The highest BCUT2D eigenvalue weighted by molar-refractivity contribution is 7.92. The van der Waals surface area contributed by atoms with E-state index >= 15 is 0 Å². The number of nitrogens with one attached hydrogen (secondary N) is 1. The van der Waals surface area contributed by atoms with Gasteiger partial charge in [-0.25, -0.2) is 13.1 Å². The number of benzene rings is 1. The third-order valence-corrected chi connectivity index (χ3v) is 5.60. The lowest BCUT2D eigenvalue weighted by Gasteiger charge is -2.01. The molecule has 2 aromatic heterocycles. The van der Waals surface area contributed by atoms with E-state index in [9.17, 15) is 8.42 Å². The van der Waals surface area contributed by atoms with Crippen LogP contribution in [0, 0.1) is 0 Å². The number of rotatable bonds is 7. The molecule has 1 N–H and O–H groups in total. The molecule has 24 heavy (non-hydrogen) atoms. The van der Waals surface area contributed by atoms with Crippen molar-refractivity contribution in [3.05, 3.63) is 76.7 Å². The summed E-state index contributed by atoms with van der Waals surface area (Å²) in [7, 11) is -3.43. The normalized spacial score (nSPS) is 12.0. The highest BCUT2D eigenvalue weighted by Crippen LogP contribution is 2.28. The molecule has 0 aliphatic rings. The zero-order chi connectivity index (χ0) is 16.8. The highest BCUT2D eigenvalue weighted by Gasteiger charge is 2.07. The van der Waals surface area contributed by atoms with Crippen LogP contribution in [-0.2, 0) is 16.4 Å². The summed E-state index contributed by atoms with van der Waals surface area (Å²) in [6, 6.07) is 17.1. The van der Waals surface area contributed by atoms with Gasteiger partial charge in [-0.05, 0) is 42.3 Å². The molecule has 2 heterocycles. The average Bonchev–Trinajstić information content (AvgIpc) is 3.25. The Morgan fingerprint density at radius 3 is 2.62 bits per heavy atom. The Balaban J connectivity index is 1.53. The molecule has 0 unspecified atom stereocenters. The fraction of sp³-hybridized carbons (Fsp3) is 0.111. The van der Waals surface area contributed by atoms with Crippen molar-refractivity contribution in [2.24, 2.45) is 0 Å². The van der Waals surface area contributed by atoms with E-state index in [1.165, 1.54) is 5.41 Å². The molecule has 3 aromatic rings. The summed E-state index contributed by atoms with van der Waals surface area (Å²) >= 11 is 1.60. The largest absolute Gasteiger partial charge is 0.464 e. The van der Waals surface area contributed by atoms with Crippen LogP contribution in [-0.4, -0.2) is 15.0 Å². The highest BCUT2D eigenvalue weighted by atomic mass is 32.2. The van der Waals surface area contributed by atoms with E-state index in [-0.39, 0.29) is 0 Å². The maximum atomic E-state index is 12.0. The zero-order valence-electron chi connectivity index (χ0n) is 12.9. The van der Waals surface area contributed by atoms with Crippen LogP contribution in [0.3, 0.4) is 0 Å². The Morgan fingerprint density at radius 2 is 1.88 bits per heavy atom. The molecule has 124 valence electrons. The first-order valence-corrected chi connectivity index (χ1v) is 9.84. The summed E-state index contributed by atoms with van der Waals surface area (Å²) in [6.07, 6.45) is 3.87. The van der Waals surface area contributed by atoms with Gasteiger partial charge in [0, 0.05) is 16.8 Å². The van der Waals surface area contributed by atoms with Gasteiger partial charge in [-0.1, -0.05) is 30.3 Å². The standard InChI is InChI=1S/C18H17NO3S2/c20-24(21,14-11-15-5-2-1-3-6-15)19-12-10-16-8-9-18(23-16)17-7-4-13-22-17/h1-9,11,13-14,19H,10,12H2/b14-11+. The van der Waals surface area contributed by atoms with Gasteiger partial charge in [0.05, 0.1) is 11.1 Å². The molecule has 0 aliphatic carbocycles. The molecule has 0 saturated carbocycles. The Morgan fingerprint density at radius 1 is 1.04 bits per heavy atom. The second-order valence-corrected chi connectivity index (χ2v) is 7.97. The van der Waals surface area contributed by atoms with Crippen LogP contribution < -0.4 is 4.72 Å². The van der Waals surface area contributed by atoms with Gasteiger partial charge in [0.1, 0.15) is 5.76 Å². The first-order chi connectivity index (χ1) is 11.6. The molecule has 4 nitrogen and oxygen atoms in total. The van der Waals surface area contributed by atoms with Gasteiger partial charge in [0.2, 0.25) is 10.0 Å². The van der Waals surface area contributed by atoms with Gasteiger partial charge in [0.25, 0.3) is 0 Å². The summed E-state index contributed by atoms with van der Waals surface area (Å²) in [6.45, 7) is 0.361. The van der Waals surface area contributed by atoms with Gasteiger partial charge in [0.15, 0.2) is 0 Å². The number of hydrogen-bond acceptors (Lipinski definition) is 4. The fourth-order valence-electron chi connectivity index (χ4n) is 2.16. The van der Waals surface area contributed by atoms with Gasteiger partial charge in [-0.2, -0.15) is 0 Å². The van der Waals surface area contributed by atoms with Crippen LogP contribution in [0.5, 0.6) is 0 Å². The second kappa shape index (κ2) is 7.61. The molecule has 0 radical (unpaired) electrons. The minimum Gasteiger partial charge on any atom is -0.464 e. The van der Waals surface area contributed by atoms with E-state index in [1.807, 2.05) is 54.6 Å². The van der Waals surface area contributed by atoms with Crippen LogP contribution >= 0.6 is 11.3 Å². The molecular weight excluding hydrogens is 342 g/mol. The summed E-state index contributed by atoms with van der Waals surface area (Å²) in [5.41, 5.74) is 0.851. The van der Waals surface area contributed by atoms with Gasteiger partial charge in [-0.3, -0.25) is 0 Å². The summed E-state index contributed by atoms with van der Waals surface area (Å²) < 4.78 is 31.9. The summed E-state index contributed by atoms with van der Waals surface area (Å²) in [5.74, 6) is 0.831. The lowest BCUT2D eigenvalue weighted by atomic mass is 10.2. The molecule has 6 heteroatoms. The Kier molecular flexibility index (Phi) is 5.30. The van der Waals surface area contributed by atoms with Crippen LogP contribution in [0.2, 0.25) is 0 Å². The molecule has 0 amide bonds. The summed E-state index contributed by atoms with van der Waals surface area (Å²) in [4.78, 5) is 2.15. The van der Waals surface area contributed by atoms with Gasteiger partial charge < -0.3 is 4.42 Å². The number of hydrogen-bond donors (Lipinski definition) is 1. The van der Waals surface area contributed by atoms with Gasteiger partial charge in [-0.15, -0.1) is 11.3 Å². The lowest BCUT2D eigenvalue weighted by Crippen LogP contribution is -2.23. The van der Waals surface area contributed by atoms with Crippen molar-refractivity contribution in [3.63, 3.8) is 0 Å². The van der Waals surface area contributed by atoms with Crippen molar-refractivity contribution in [2.45, 2.75) is 6.42 Å². The van der Waals surface area contributed by atoms with E-state index in [0.717, 1.165) is 21.1 Å². The smallest absolute Gasteiger partial charge is 0.233 e. The van der Waals surface area contributed by atoms with Gasteiger partial charge >= 0.3 is 0 Å². The minimum absolute atomic E-state index is 0.361. The van der Waals surface area contributed by atoms with Crippen LogP contribution in [0.1, 0.15) is 10.4 Å². The molecule has 0 saturated heterocycles. The van der Waals surface area contributed by atoms with Crippen molar-refractivity contribution < 1.29 is 12.8 Å². The van der Waals surface area contributed by atoms with Crippen molar-refractivity contribution in [3.8, 4) is 10.6 Å². The maximum Gasteiger partial charge on any atom is 0.233 e. The first-order valence-electron chi connectivity index (χ1n) is 7.48. The molecule has 3 rings (SSSR count). The quantitative estimate of drug-likeness (QED) is 0.690. The third-order valence-electron chi connectivity index (χ3n) is 3.34. The Labute approximate surface area is 145 Å². The van der Waals surface area contributed by atoms with Crippen molar-refractivity contribution in [2.75, 3.05) is 6.54 Å². The van der Waals surface area contributed by atoms with Crippen LogP contribution in [0.4, 0.5) is 0 Å². The van der Waals surface area contributed by atoms with E-state index in [0.29, 0.717) is 13.0 Å². The predicted octanol–water partition coefficient (Wildman–Crippen LogP) is 4.14. The van der Waals surface area contributed by atoms with Crippen molar-refractivity contribution in [1.82, 2.24) is 4.72 Å². The van der Waals surface area contributed by atoms with Crippen LogP contribution in [0.25, 0.3) is 16.7 Å². The number of furan rings is 1. The van der Waals surface area contributed by atoms with Crippen LogP contribution in [0.15, 0.2) is 70.7 Å². The molecule has 0 spiro atoms. The third kappa shape index (κ3) is 4.67. The molecule has 0 bridgehead atoms. The summed E-state index contributed by atoms with van der Waals surface area (Å²) in [5, 5.41) is 1.20. The Hall–Kier alpha value is -2.15. The average molecular weight is 359 g/mol. The molecule has 0 aliphatic heterocycles. The van der Waals surface area contributed by atoms with Crippen molar-refractivity contribution in [1.29, 1.82) is 0 Å². The topological polar surface area (TPSA) is 59.3 Å². The lowest BCUT2D eigenvalue weighted by molar-refractivity contribution is 0.583. The number of thiophene rings is 1. The molecular formula is C18H17NO3S2. The SMILES string of the molecule is O=S(=O)(/C=C/c1ccccc1)NCCc1ccc(-c2ccco2)s1. The van der Waals surface area contributed by atoms with Crippen molar-refractivity contribution >= 4 is 27.4 Å². The van der Waals surface area contributed by atoms with E-state index in [1.54, 1.807) is 23.7 Å². The predicted molar refractivity (Wildman–Crippen MR) is 98.1 cm³/mol.